The van der Waals surface area contributed by atoms with E-state index in [2.05, 4.69) is 12.2 Å². The molecule has 128 valence electrons. The SMILES string of the molecule is CCCCOc1ccc(C(=O)NC2CCCCC2)cc1OCC. The zero-order chi connectivity index (χ0) is 16.5. The molecule has 0 heterocycles. The van der Waals surface area contributed by atoms with Gasteiger partial charge in [0, 0.05) is 11.6 Å². The molecule has 0 unspecified atom stereocenters. The van der Waals surface area contributed by atoms with Crippen LogP contribution in [0.2, 0.25) is 0 Å². The van der Waals surface area contributed by atoms with Gasteiger partial charge in [-0.25, -0.2) is 0 Å². The van der Waals surface area contributed by atoms with Crippen LogP contribution in [0.3, 0.4) is 0 Å². The third-order valence-electron chi connectivity index (χ3n) is 4.20. The topological polar surface area (TPSA) is 47.6 Å². The summed E-state index contributed by atoms with van der Waals surface area (Å²) in [6.07, 6.45) is 7.97. The summed E-state index contributed by atoms with van der Waals surface area (Å²) < 4.78 is 11.4. The van der Waals surface area contributed by atoms with Gasteiger partial charge in [0.25, 0.3) is 5.91 Å². The van der Waals surface area contributed by atoms with Crippen LogP contribution in [-0.4, -0.2) is 25.2 Å². The van der Waals surface area contributed by atoms with Crippen molar-refractivity contribution in [3.05, 3.63) is 23.8 Å². The summed E-state index contributed by atoms with van der Waals surface area (Å²) >= 11 is 0. The fourth-order valence-electron chi connectivity index (χ4n) is 2.88. The Kier molecular flexibility index (Phi) is 7.24. The number of hydrogen-bond acceptors (Lipinski definition) is 3. The highest BCUT2D eigenvalue weighted by Gasteiger charge is 2.18. The highest BCUT2D eigenvalue weighted by atomic mass is 16.5. The van der Waals surface area contributed by atoms with E-state index in [0.29, 0.717) is 30.6 Å². The molecule has 1 aromatic carbocycles. The number of carbonyl (C=O) groups is 1. The maximum absolute atomic E-state index is 12.4. The third kappa shape index (κ3) is 5.45. The first kappa shape index (κ1) is 17.6. The van der Waals surface area contributed by atoms with Crippen molar-refractivity contribution in [1.82, 2.24) is 5.32 Å². The van der Waals surface area contributed by atoms with Crippen LogP contribution >= 0.6 is 0 Å². The van der Waals surface area contributed by atoms with E-state index in [1.165, 1.54) is 19.3 Å². The van der Waals surface area contributed by atoms with E-state index in [9.17, 15) is 4.79 Å². The zero-order valence-electron chi connectivity index (χ0n) is 14.4. The van der Waals surface area contributed by atoms with Gasteiger partial charge in [0.2, 0.25) is 0 Å². The summed E-state index contributed by atoms with van der Waals surface area (Å²) in [7, 11) is 0. The number of nitrogens with one attached hydrogen (secondary N) is 1. The Morgan fingerprint density at radius 3 is 2.61 bits per heavy atom. The fourth-order valence-corrected chi connectivity index (χ4v) is 2.88. The third-order valence-corrected chi connectivity index (χ3v) is 4.20. The van der Waals surface area contributed by atoms with Crippen LogP contribution in [-0.2, 0) is 0 Å². The predicted molar refractivity (Wildman–Crippen MR) is 92.4 cm³/mol. The molecule has 0 aromatic heterocycles. The van der Waals surface area contributed by atoms with E-state index in [4.69, 9.17) is 9.47 Å². The van der Waals surface area contributed by atoms with Crippen molar-refractivity contribution in [2.45, 2.75) is 64.8 Å². The molecule has 23 heavy (non-hydrogen) atoms. The summed E-state index contributed by atoms with van der Waals surface area (Å²) in [6, 6.07) is 5.77. The quantitative estimate of drug-likeness (QED) is 0.726. The van der Waals surface area contributed by atoms with E-state index < -0.39 is 0 Å². The smallest absolute Gasteiger partial charge is 0.251 e. The van der Waals surface area contributed by atoms with Crippen molar-refractivity contribution in [1.29, 1.82) is 0 Å². The Hall–Kier alpha value is -1.71. The molecular formula is C19H29NO3. The predicted octanol–water partition coefficient (Wildman–Crippen LogP) is 4.33. The Morgan fingerprint density at radius 1 is 1.13 bits per heavy atom. The lowest BCUT2D eigenvalue weighted by Crippen LogP contribution is -2.36. The molecule has 0 aliphatic heterocycles. The number of hydrogen-bond donors (Lipinski definition) is 1. The molecular weight excluding hydrogens is 290 g/mol. The molecule has 4 nitrogen and oxygen atoms in total. The lowest BCUT2D eigenvalue weighted by atomic mass is 9.95. The van der Waals surface area contributed by atoms with Crippen molar-refractivity contribution in [3.63, 3.8) is 0 Å². The number of carbonyl (C=O) groups excluding carboxylic acids is 1. The molecule has 1 saturated carbocycles. The van der Waals surface area contributed by atoms with Gasteiger partial charge in [-0.15, -0.1) is 0 Å². The van der Waals surface area contributed by atoms with Crippen LogP contribution in [0.25, 0.3) is 0 Å². The monoisotopic (exact) mass is 319 g/mol. The van der Waals surface area contributed by atoms with Gasteiger partial charge < -0.3 is 14.8 Å². The molecule has 4 heteroatoms. The van der Waals surface area contributed by atoms with E-state index in [1.807, 2.05) is 19.1 Å². The summed E-state index contributed by atoms with van der Waals surface area (Å²) in [5, 5.41) is 3.14. The lowest BCUT2D eigenvalue weighted by Gasteiger charge is -2.23. The van der Waals surface area contributed by atoms with Gasteiger partial charge >= 0.3 is 0 Å². The molecule has 1 fully saturated rings. The molecule has 1 N–H and O–H groups in total. The van der Waals surface area contributed by atoms with E-state index in [-0.39, 0.29) is 5.91 Å². The normalized spacial score (nSPS) is 15.2. The van der Waals surface area contributed by atoms with Crippen LogP contribution in [0.4, 0.5) is 0 Å². The maximum atomic E-state index is 12.4. The Balaban J connectivity index is 2.02. The highest BCUT2D eigenvalue weighted by molar-refractivity contribution is 5.95. The van der Waals surface area contributed by atoms with Gasteiger partial charge in [-0.1, -0.05) is 32.6 Å². The molecule has 1 aliphatic carbocycles. The van der Waals surface area contributed by atoms with E-state index in [1.54, 1.807) is 6.07 Å². The van der Waals surface area contributed by atoms with Gasteiger partial charge in [-0.2, -0.15) is 0 Å². The van der Waals surface area contributed by atoms with Crippen molar-refractivity contribution in [3.8, 4) is 11.5 Å². The zero-order valence-corrected chi connectivity index (χ0v) is 14.4. The highest BCUT2D eigenvalue weighted by Crippen LogP contribution is 2.29. The largest absolute Gasteiger partial charge is 0.490 e. The Bertz CT molecular complexity index is 495. The number of rotatable bonds is 8. The molecule has 0 radical (unpaired) electrons. The number of ether oxygens (including phenoxy) is 2. The second-order valence-electron chi connectivity index (χ2n) is 6.10. The second-order valence-corrected chi connectivity index (χ2v) is 6.10. The van der Waals surface area contributed by atoms with Crippen LogP contribution in [0.15, 0.2) is 18.2 Å². The molecule has 1 aromatic rings. The van der Waals surface area contributed by atoms with Gasteiger partial charge in [0.15, 0.2) is 11.5 Å². The molecule has 1 amide bonds. The summed E-state index contributed by atoms with van der Waals surface area (Å²) in [5.41, 5.74) is 0.641. The lowest BCUT2D eigenvalue weighted by molar-refractivity contribution is 0.0927. The molecule has 2 rings (SSSR count). The van der Waals surface area contributed by atoms with Crippen molar-refractivity contribution < 1.29 is 14.3 Å². The summed E-state index contributed by atoms with van der Waals surface area (Å²) in [6.45, 7) is 5.29. The second kappa shape index (κ2) is 9.43. The number of unbranched alkanes of at least 4 members (excludes halogenated alkanes) is 1. The first-order chi connectivity index (χ1) is 11.2. The summed E-state index contributed by atoms with van der Waals surface area (Å²) in [5.74, 6) is 1.35. The van der Waals surface area contributed by atoms with E-state index in [0.717, 1.165) is 31.4 Å². The first-order valence-corrected chi connectivity index (χ1v) is 8.95. The van der Waals surface area contributed by atoms with Gasteiger partial charge in [0.05, 0.1) is 13.2 Å². The van der Waals surface area contributed by atoms with Gasteiger partial charge in [-0.05, 0) is 44.4 Å². The standard InChI is InChI=1S/C19H29NO3/c1-3-5-13-23-17-12-11-15(14-18(17)22-4-2)19(21)20-16-9-7-6-8-10-16/h11-12,14,16H,3-10,13H2,1-2H3,(H,20,21). The Morgan fingerprint density at radius 2 is 1.91 bits per heavy atom. The Labute approximate surface area is 139 Å². The van der Waals surface area contributed by atoms with Crippen LogP contribution in [0.1, 0.15) is 69.2 Å². The minimum Gasteiger partial charge on any atom is -0.490 e. The van der Waals surface area contributed by atoms with Crippen molar-refractivity contribution in [2.24, 2.45) is 0 Å². The molecule has 0 bridgehead atoms. The molecule has 0 spiro atoms. The minimum absolute atomic E-state index is 0.0158. The van der Waals surface area contributed by atoms with E-state index >= 15 is 0 Å². The number of amides is 1. The average Bonchev–Trinajstić information content (AvgIpc) is 2.57. The van der Waals surface area contributed by atoms with Crippen LogP contribution < -0.4 is 14.8 Å². The van der Waals surface area contributed by atoms with Crippen molar-refractivity contribution >= 4 is 5.91 Å². The van der Waals surface area contributed by atoms with Gasteiger partial charge in [-0.3, -0.25) is 4.79 Å². The molecule has 1 aliphatic rings. The van der Waals surface area contributed by atoms with Gasteiger partial charge in [0.1, 0.15) is 0 Å². The first-order valence-electron chi connectivity index (χ1n) is 8.95. The summed E-state index contributed by atoms with van der Waals surface area (Å²) in [4.78, 5) is 12.4. The van der Waals surface area contributed by atoms with Crippen molar-refractivity contribution in [2.75, 3.05) is 13.2 Å². The minimum atomic E-state index is -0.0158. The average molecular weight is 319 g/mol. The maximum Gasteiger partial charge on any atom is 0.251 e. The molecule has 0 saturated heterocycles. The fraction of sp³-hybridized carbons (Fsp3) is 0.632. The molecule has 0 atom stereocenters. The van der Waals surface area contributed by atoms with Crippen LogP contribution in [0, 0.1) is 0 Å². The van der Waals surface area contributed by atoms with Crippen LogP contribution in [0.5, 0.6) is 11.5 Å². The number of benzene rings is 1.